The van der Waals surface area contributed by atoms with Crippen molar-refractivity contribution in [2.75, 3.05) is 11.4 Å². The molecule has 2 heterocycles. The largest absolute Gasteiger partial charge is 0.445 e. The number of anilines is 1. The van der Waals surface area contributed by atoms with E-state index in [0.717, 1.165) is 5.56 Å². The van der Waals surface area contributed by atoms with Gasteiger partial charge in [-0.3, -0.25) is 10.2 Å². The van der Waals surface area contributed by atoms with Gasteiger partial charge in [0.1, 0.15) is 23.6 Å². The van der Waals surface area contributed by atoms with Crippen LogP contribution in [-0.4, -0.2) is 66.3 Å². The molecule has 0 radical (unpaired) electrons. The number of ether oxygens (including phenoxy) is 2. The maximum atomic E-state index is 13.9. The number of nitrogens with zero attached hydrogens (tertiary/aromatic N) is 3. The van der Waals surface area contributed by atoms with E-state index in [1.807, 2.05) is 49.4 Å². The lowest BCUT2D eigenvalue weighted by Gasteiger charge is -2.46. The molecule has 3 aromatic rings. The molecule has 0 saturated carbocycles. The quantitative estimate of drug-likeness (QED) is 0.299. The summed E-state index contributed by atoms with van der Waals surface area (Å²) in [6, 6.07) is 22.4. The van der Waals surface area contributed by atoms with Gasteiger partial charge < -0.3 is 14.4 Å². The molecule has 2 atom stereocenters. The smallest absolute Gasteiger partial charge is 0.435 e. The van der Waals surface area contributed by atoms with Crippen molar-refractivity contribution in [3.63, 3.8) is 0 Å². The van der Waals surface area contributed by atoms with E-state index in [0.29, 0.717) is 16.8 Å². The number of nitrogens with one attached hydrogen (secondary N) is 1. The number of para-hydroxylation sites is 1. The highest BCUT2D eigenvalue weighted by Gasteiger charge is 2.56. The van der Waals surface area contributed by atoms with E-state index in [4.69, 9.17) is 9.47 Å². The number of piperidine rings is 1. The number of aliphatic imine (C=N–C) groups is 1. The molecule has 254 valence electrons. The van der Waals surface area contributed by atoms with Crippen LogP contribution in [0.4, 0.5) is 20.1 Å². The summed E-state index contributed by atoms with van der Waals surface area (Å²) in [7, 11) is -3.48. The predicted octanol–water partition coefficient (Wildman–Crippen LogP) is 6.96. The van der Waals surface area contributed by atoms with E-state index >= 15 is 0 Å². The van der Waals surface area contributed by atoms with E-state index in [1.165, 1.54) is 0 Å². The summed E-state index contributed by atoms with van der Waals surface area (Å²) >= 11 is 0. The molecular formula is C36H42N4O7S. The standard InChI is InChI=1S/C36H42N4O7S/c1-24(2)48(44,45)28-18-16-27(17-19-28)29-14-10-11-15-30(29)40-32(41)37-31(38-33(42)47-35(4,5)6)36(40)20-21-39(25(3)22-36)34(43)46-23-26-12-8-7-9-13-26/h7-19,24-25H,20-23H2,1-6H3,(H,37,38,41,42)/t25-,36+/m0/s1. The zero-order valence-electron chi connectivity index (χ0n) is 28.1. The van der Waals surface area contributed by atoms with Crippen molar-refractivity contribution in [3.05, 3.63) is 84.4 Å². The Labute approximate surface area is 281 Å². The fourth-order valence-corrected chi connectivity index (χ4v) is 7.21. The summed E-state index contributed by atoms with van der Waals surface area (Å²) < 4.78 is 36.7. The first-order valence-electron chi connectivity index (χ1n) is 16.0. The summed E-state index contributed by atoms with van der Waals surface area (Å²) in [4.78, 5) is 47.9. The first-order chi connectivity index (χ1) is 22.6. The molecule has 0 bridgehead atoms. The van der Waals surface area contributed by atoms with Crippen molar-refractivity contribution in [2.24, 2.45) is 4.99 Å². The number of urea groups is 1. The number of likely N-dealkylation sites (tertiary alicyclic amines) is 1. The Hall–Kier alpha value is -4.71. The average molecular weight is 675 g/mol. The molecule has 48 heavy (non-hydrogen) atoms. The van der Waals surface area contributed by atoms with Crippen LogP contribution in [0.15, 0.2) is 88.8 Å². The molecule has 0 unspecified atom stereocenters. The van der Waals surface area contributed by atoms with Gasteiger partial charge in [-0.05, 0) is 83.7 Å². The van der Waals surface area contributed by atoms with Crippen molar-refractivity contribution in [1.29, 1.82) is 0 Å². The number of rotatable bonds is 6. The van der Waals surface area contributed by atoms with Crippen LogP contribution in [0.25, 0.3) is 11.1 Å². The van der Waals surface area contributed by atoms with Crippen LogP contribution in [0, 0.1) is 0 Å². The van der Waals surface area contributed by atoms with Gasteiger partial charge in [0.2, 0.25) is 0 Å². The van der Waals surface area contributed by atoms with Crippen molar-refractivity contribution in [1.82, 2.24) is 10.2 Å². The van der Waals surface area contributed by atoms with E-state index in [2.05, 4.69) is 10.3 Å². The highest BCUT2D eigenvalue weighted by atomic mass is 32.2. The van der Waals surface area contributed by atoms with Gasteiger partial charge in [0.15, 0.2) is 9.84 Å². The maximum Gasteiger partial charge on any atom is 0.435 e. The molecule has 1 N–H and O–H groups in total. The third-order valence-electron chi connectivity index (χ3n) is 8.52. The molecule has 11 nitrogen and oxygen atoms in total. The summed E-state index contributed by atoms with van der Waals surface area (Å²) in [6.45, 7) is 10.7. The Morgan fingerprint density at radius 3 is 2.27 bits per heavy atom. The van der Waals surface area contributed by atoms with Crippen LogP contribution in [0.2, 0.25) is 0 Å². The van der Waals surface area contributed by atoms with Gasteiger partial charge in [0.25, 0.3) is 0 Å². The van der Waals surface area contributed by atoms with Crippen molar-refractivity contribution >= 4 is 39.6 Å². The van der Waals surface area contributed by atoms with Crippen LogP contribution in [0.1, 0.15) is 59.9 Å². The Morgan fingerprint density at radius 1 is 1.00 bits per heavy atom. The van der Waals surface area contributed by atoms with Gasteiger partial charge in [0.05, 0.1) is 15.8 Å². The van der Waals surface area contributed by atoms with Gasteiger partial charge in [-0.25, -0.2) is 22.8 Å². The first kappa shape index (κ1) is 34.6. The number of benzene rings is 3. The molecule has 2 fully saturated rings. The summed E-state index contributed by atoms with van der Waals surface area (Å²) in [5.41, 5.74) is 0.830. The second-order valence-electron chi connectivity index (χ2n) is 13.4. The van der Waals surface area contributed by atoms with Crippen LogP contribution < -0.4 is 10.2 Å². The zero-order valence-corrected chi connectivity index (χ0v) is 28.9. The highest BCUT2D eigenvalue weighted by molar-refractivity contribution is 7.92. The van der Waals surface area contributed by atoms with Crippen LogP contribution in [0.3, 0.4) is 0 Å². The van der Waals surface area contributed by atoms with E-state index < -0.39 is 50.5 Å². The van der Waals surface area contributed by atoms with Crippen LogP contribution in [-0.2, 0) is 25.9 Å². The molecule has 12 heteroatoms. The molecule has 2 saturated heterocycles. The normalized spacial score (nSPS) is 20.7. The van der Waals surface area contributed by atoms with Gasteiger partial charge in [0, 0.05) is 18.2 Å². The topological polar surface area (TPSA) is 135 Å². The molecule has 0 aliphatic carbocycles. The van der Waals surface area contributed by atoms with Crippen molar-refractivity contribution < 1.29 is 32.3 Å². The minimum absolute atomic E-state index is 0.121. The SMILES string of the molecule is CC(C)S(=O)(=O)c1ccc(-c2ccccc2N2C(=O)N/C(=N\C(=O)OC(C)(C)C)[C@]23CCN(C(=O)OCc2ccccc2)[C@@H](C)C3)cc1. The minimum atomic E-state index is -3.48. The van der Waals surface area contributed by atoms with E-state index in [-0.39, 0.29) is 36.7 Å². The monoisotopic (exact) mass is 674 g/mol. The number of hydrogen-bond acceptors (Lipinski definition) is 7. The fraction of sp³-hybridized carbons (Fsp3) is 0.389. The summed E-state index contributed by atoms with van der Waals surface area (Å²) in [6.07, 6.45) is -0.828. The maximum absolute atomic E-state index is 13.9. The van der Waals surface area contributed by atoms with E-state index in [9.17, 15) is 22.8 Å². The molecule has 2 aliphatic rings. The minimum Gasteiger partial charge on any atom is -0.445 e. The van der Waals surface area contributed by atoms with E-state index in [1.54, 1.807) is 80.8 Å². The van der Waals surface area contributed by atoms with Crippen molar-refractivity contribution in [3.8, 4) is 11.1 Å². The van der Waals surface area contributed by atoms with Gasteiger partial charge >= 0.3 is 18.2 Å². The second-order valence-corrected chi connectivity index (χ2v) is 15.9. The third-order valence-corrected chi connectivity index (χ3v) is 10.7. The van der Waals surface area contributed by atoms with Gasteiger partial charge in [-0.15, -0.1) is 0 Å². The predicted molar refractivity (Wildman–Crippen MR) is 184 cm³/mol. The molecule has 2 aliphatic heterocycles. The zero-order chi connectivity index (χ0) is 34.9. The molecule has 0 aromatic heterocycles. The summed E-state index contributed by atoms with van der Waals surface area (Å²) in [5, 5.41) is 2.26. The van der Waals surface area contributed by atoms with Gasteiger partial charge in [-0.1, -0.05) is 60.7 Å². The molecule has 4 amide bonds. The molecule has 1 spiro atoms. The Bertz CT molecular complexity index is 1820. The number of amides is 4. The van der Waals surface area contributed by atoms with Crippen LogP contribution >= 0.6 is 0 Å². The number of carbonyl (C=O) groups excluding carboxylic acids is 3. The number of hydrogen-bond donors (Lipinski definition) is 1. The lowest BCUT2D eigenvalue weighted by atomic mass is 9.81. The Balaban J connectivity index is 1.52. The van der Waals surface area contributed by atoms with Crippen LogP contribution in [0.5, 0.6) is 0 Å². The first-order valence-corrected chi connectivity index (χ1v) is 17.5. The number of carbonyl (C=O) groups is 3. The van der Waals surface area contributed by atoms with Gasteiger partial charge in [-0.2, -0.15) is 4.99 Å². The lowest BCUT2D eigenvalue weighted by molar-refractivity contribution is 0.0585. The fourth-order valence-electron chi connectivity index (χ4n) is 6.15. The highest BCUT2D eigenvalue weighted by Crippen LogP contribution is 2.44. The molecular weight excluding hydrogens is 632 g/mol. The molecule has 5 rings (SSSR count). The second kappa shape index (κ2) is 13.4. The average Bonchev–Trinajstić information content (AvgIpc) is 3.28. The Morgan fingerprint density at radius 2 is 1.65 bits per heavy atom. The number of amidine groups is 1. The lowest BCUT2D eigenvalue weighted by Crippen LogP contribution is -2.60. The number of sulfone groups is 1. The Kier molecular flexibility index (Phi) is 9.68. The molecule has 3 aromatic carbocycles. The van der Waals surface area contributed by atoms with Crippen molar-refractivity contribution in [2.45, 2.75) is 88.3 Å². The third kappa shape index (κ3) is 7.08. The summed E-state index contributed by atoms with van der Waals surface area (Å²) in [5.74, 6) is 0.138.